The second-order valence-electron chi connectivity index (χ2n) is 8.88. The topological polar surface area (TPSA) is 84.0 Å². The highest BCUT2D eigenvalue weighted by atomic mass is 32.2. The van der Waals surface area contributed by atoms with Gasteiger partial charge in [-0.3, -0.25) is 9.59 Å². The molecule has 2 heterocycles. The van der Waals surface area contributed by atoms with E-state index in [0.717, 1.165) is 51.4 Å². The molecule has 0 radical (unpaired) electrons. The molecule has 1 amide bonds. The standard InChI is InChI=1S/C19H30N2O5S/c1-26-17(23)19-8-5-18(6-9-19,7-10-19)16(22)20-11-2-4-15(14-20)21-12-3-13-27(21,24)25/h15H,2-14H2,1H3. The van der Waals surface area contributed by atoms with E-state index in [-0.39, 0.29) is 34.5 Å². The maximum Gasteiger partial charge on any atom is 0.311 e. The quantitative estimate of drug-likeness (QED) is 0.673. The molecule has 2 bridgehead atoms. The molecule has 3 saturated carbocycles. The van der Waals surface area contributed by atoms with Crippen molar-refractivity contribution in [1.82, 2.24) is 9.21 Å². The normalized spacial score (nSPS) is 38.7. The van der Waals surface area contributed by atoms with Gasteiger partial charge in [0.05, 0.1) is 18.3 Å². The monoisotopic (exact) mass is 398 g/mol. The van der Waals surface area contributed by atoms with Gasteiger partial charge in [0.1, 0.15) is 0 Å². The minimum absolute atomic E-state index is 0.0760. The minimum atomic E-state index is -3.15. The third-order valence-electron chi connectivity index (χ3n) is 7.55. The largest absolute Gasteiger partial charge is 0.469 e. The van der Waals surface area contributed by atoms with Gasteiger partial charge in [-0.1, -0.05) is 0 Å². The van der Waals surface area contributed by atoms with Gasteiger partial charge in [-0.2, -0.15) is 4.31 Å². The summed E-state index contributed by atoms with van der Waals surface area (Å²) in [5.74, 6) is 0.291. The minimum Gasteiger partial charge on any atom is -0.469 e. The number of fused-ring (bicyclic) bond motifs is 3. The Morgan fingerprint density at radius 3 is 2.15 bits per heavy atom. The zero-order valence-corrected chi connectivity index (χ0v) is 16.9. The number of methoxy groups -OCH3 is 1. The van der Waals surface area contributed by atoms with E-state index >= 15 is 0 Å². The van der Waals surface area contributed by atoms with E-state index in [4.69, 9.17) is 4.74 Å². The Balaban J connectivity index is 1.45. The van der Waals surface area contributed by atoms with Gasteiger partial charge in [-0.15, -0.1) is 0 Å². The van der Waals surface area contributed by atoms with E-state index in [1.165, 1.54) is 7.11 Å². The molecule has 1 atom stereocenters. The Hall–Kier alpha value is -1.15. The first-order valence-electron chi connectivity index (χ1n) is 10.2. The fourth-order valence-electron chi connectivity index (χ4n) is 5.81. The number of hydrogen-bond donors (Lipinski definition) is 0. The number of ether oxygens (including phenoxy) is 1. The Morgan fingerprint density at radius 1 is 0.963 bits per heavy atom. The number of nitrogens with zero attached hydrogens (tertiary/aromatic N) is 2. The van der Waals surface area contributed by atoms with Crippen LogP contribution in [-0.4, -0.2) is 68.0 Å². The molecular formula is C19H30N2O5S. The van der Waals surface area contributed by atoms with E-state index in [1.807, 2.05) is 4.90 Å². The van der Waals surface area contributed by atoms with Crippen LogP contribution >= 0.6 is 0 Å². The van der Waals surface area contributed by atoms with Crippen molar-refractivity contribution in [2.45, 2.75) is 63.8 Å². The van der Waals surface area contributed by atoms with E-state index in [2.05, 4.69) is 0 Å². The van der Waals surface area contributed by atoms with Crippen LogP contribution in [0.25, 0.3) is 0 Å². The number of rotatable bonds is 3. The summed E-state index contributed by atoms with van der Waals surface area (Å²) in [6, 6.07) is -0.0760. The smallest absolute Gasteiger partial charge is 0.311 e. The Morgan fingerprint density at radius 2 is 1.59 bits per heavy atom. The van der Waals surface area contributed by atoms with Crippen LogP contribution in [0.15, 0.2) is 0 Å². The summed E-state index contributed by atoms with van der Waals surface area (Å²) in [6.07, 6.45) is 6.77. The highest BCUT2D eigenvalue weighted by Crippen LogP contribution is 2.58. The third kappa shape index (κ3) is 3.09. The molecule has 5 fully saturated rings. The fourth-order valence-corrected chi connectivity index (χ4v) is 7.57. The summed E-state index contributed by atoms with van der Waals surface area (Å²) in [6.45, 7) is 1.82. The van der Waals surface area contributed by atoms with Crippen molar-refractivity contribution in [3.8, 4) is 0 Å². The molecule has 0 N–H and O–H groups in total. The number of likely N-dealkylation sites (tertiary alicyclic amines) is 1. The molecule has 7 nitrogen and oxygen atoms in total. The summed E-state index contributed by atoms with van der Waals surface area (Å²) in [5.41, 5.74) is -0.744. The zero-order valence-electron chi connectivity index (χ0n) is 16.1. The lowest BCUT2D eigenvalue weighted by Gasteiger charge is -2.52. The van der Waals surface area contributed by atoms with Crippen LogP contribution in [0.1, 0.15) is 57.8 Å². The van der Waals surface area contributed by atoms with Crippen LogP contribution in [0.4, 0.5) is 0 Å². The van der Waals surface area contributed by atoms with Crippen molar-refractivity contribution in [2.24, 2.45) is 10.8 Å². The predicted molar refractivity (Wildman–Crippen MR) is 99.3 cm³/mol. The van der Waals surface area contributed by atoms with Gasteiger partial charge >= 0.3 is 5.97 Å². The number of hydrogen-bond acceptors (Lipinski definition) is 5. The van der Waals surface area contributed by atoms with Gasteiger partial charge in [0.25, 0.3) is 0 Å². The third-order valence-corrected chi connectivity index (χ3v) is 9.55. The van der Waals surface area contributed by atoms with Gasteiger partial charge in [-0.05, 0) is 57.8 Å². The average Bonchev–Trinajstić information content (AvgIpc) is 3.07. The highest BCUT2D eigenvalue weighted by molar-refractivity contribution is 7.89. The molecule has 8 heteroatoms. The predicted octanol–water partition coefficient (Wildman–Crippen LogP) is 1.53. The van der Waals surface area contributed by atoms with Crippen LogP contribution in [0.3, 0.4) is 0 Å². The van der Waals surface area contributed by atoms with Crippen LogP contribution in [-0.2, 0) is 24.3 Å². The number of carbonyl (C=O) groups is 2. The van der Waals surface area contributed by atoms with Crippen molar-refractivity contribution < 1.29 is 22.7 Å². The van der Waals surface area contributed by atoms with Gasteiger partial charge < -0.3 is 9.64 Å². The number of piperidine rings is 1. The molecule has 2 aliphatic heterocycles. The maximum absolute atomic E-state index is 13.4. The molecule has 152 valence electrons. The first kappa shape index (κ1) is 19.2. The summed E-state index contributed by atoms with van der Waals surface area (Å²) < 4.78 is 31.2. The molecule has 0 spiro atoms. The molecule has 1 unspecified atom stereocenters. The molecule has 3 aliphatic carbocycles. The summed E-state index contributed by atoms with van der Waals surface area (Å²) in [5, 5.41) is 0. The second kappa shape index (κ2) is 6.72. The fraction of sp³-hybridized carbons (Fsp3) is 0.895. The van der Waals surface area contributed by atoms with Crippen molar-refractivity contribution >= 4 is 21.9 Å². The van der Waals surface area contributed by atoms with E-state index in [9.17, 15) is 18.0 Å². The van der Waals surface area contributed by atoms with Gasteiger partial charge in [0, 0.05) is 31.1 Å². The van der Waals surface area contributed by atoms with Crippen molar-refractivity contribution in [1.29, 1.82) is 0 Å². The van der Waals surface area contributed by atoms with Crippen LogP contribution < -0.4 is 0 Å². The molecule has 27 heavy (non-hydrogen) atoms. The molecule has 2 saturated heterocycles. The van der Waals surface area contributed by atoms with Crippen LogP contribution in [0.2, 0.25) is 0 Å². The summed E-state index contributed by atoms with van der Waals surface area (Å²) >= 11 is 0. The average molecular weight is 399 g/mol. The number of esters is 1. The van der Waals surface area contributed by atoms with Gasteiger partial charge in [0.2, 0.25) is 15.9 Å². The Labute approximate surface area is 161 Å². The first-order valence-corrected chi connectivity index (χ1v) is 11.8. The molecule has 5 rings (SSSR count). The van der Waals surface area contributed by atoms with E-state index in [0.29, 0.717) is 26.1 Å². The Kier molecular flexibility index (Phi) is 4.78. The molecule has 0 aromatic carbocycles. The first-order chi connectivity index (χ1) is 12.8. The zero-order chi connectivity index (χ0) is 19.3. The summed E-state index contributed by atoms with van der Waals surface area (Å²) in [4.78, 5) is 27.5. The summed E-state index contributed by atoms with van der Waals surface area (Å²) in [7, 11) is -1.71. The van der Waals surface area contributed by atoms with Crippen LogP contribution in [0.5, 0.6) is 0 Å². The number of sulfonamides is 1. The number of amides is 1. The lowest BCUT2D eigenvalue weighted by molar-refractivity contribution is -0.170. The molecule has 0 aromatic rings. The second-order valence-corrected chi connectivity index (χ2v) is 10.9. The molecule has 5 aliphatic rings. The number of carbonyl (C=O) groups excluding carboxylic acids is 2. The maximum atomic E-state index is 13.4. The van der Waals surface area contributed by atoms with Gasteiger partial charge in [0.15, 0.2) is 0 Å². The van der Waals surface area contributed by atoms with Crippen molar-refractivity contribution in [2.75, 3.05) is 32.5 Å². The molecular weight excluding hydrogens is 368 g/mol. The molecule has 0 aromatic heterocycles. The SMILES string of the molecule is COC(=O)C12CCC(C(=O)N3CCCC(N4CCCS4(=O)=O)C3)(CC1)CC2. The van der Waals surface area contributed by atoms with E-state index < -0.39 is 10.0 Å². The van der Waals surface area contributed by atoms with Crippen molar-refractivity contribution in [3.05, 3.63) is 0 Å². The lowest BCUT2D eigenvalue weighted by atomic mass is 9.53. The van der Waals surface area contributed by atoms with Gasteiger partial charge in [-0.25, -0.2) is 8.42 Å². The van der Waals surface area contributed by atoms with E-state index in [1.54, 1.807) is 4.31 Å². The lowest BCUT2D eigenvalue weighted by Crippen LogP contribution is -2.57. The van der Waals surface area contributed by atoms with Crippen LogP contribution in [0, 0.1) is 10.8 Å². The highest BCUT2D eigenvalue weighted by Gasteiger charge is 2.57. The Bertz CT molecular complexity index is 710. The van der Waals surface area contributed by atoms with Crippen molar-refractivity contribution in [3.63, 3.8) is 0 Å².